The fourth-order valence-electron chi connectivity index (χ4n) is 2.04. The molecule has 1 saturated heterocycles. The van der Waals surface area contributed by atoms with Crippen LogP contribution in [0, 0.1) is 0 Å². The van der Waals surface area contributed by atoms with Crippen molar-refractivity contribution in [2.45, 2.75) is 31.7 Å². The molecule has 1 fully saturated rings. The van der Waals surface area contributed by atoms with Gasteiger partial charge in [0.1, 0.15) is 0 Å². The number of amides is 1. The molecule has 0 radical (unpaired) electrons. The molecular weight excluding hydrogens is 240 g/mol. The van der Waals surface area contributed by atoms with Crippen LogP contribution in [0.4, 0.5) is 0 Å². The summed E-state index contributed by atoms with van der Waals surface area (Å²) in [4.78, 5) is 13.4. The van der Waals surface area contributed by atoms with Crippen molar-refractivity contribution < 1.29 is 13.2 Å². The Hall–Kier alpha value is -0.620. The molecule has 0 spiro atoms. The summed E-state index contributed by atoms with van der Waals surface area (Å²) in [5.74, 6) is 0.407. The monoisotopic (exact) mass is 262 g/mol. The van der Waals surface area contributed by atoms with Gasteiger partial charge in [-0.25, -0.2) is 8.42 Å². The maximum atomic E-state index is 11.8. The van der Waals surface area contributed by atoms with Gasteiger partial charge in [-0.05, 0) is 32.9 Å². The Morgan fingerprint density at radius 2 is 2.12 bits per heavy atom. The number of unbranched alkanes of at least 4 members (excludes halogenated alkanes) is 1. The molecule has 1 N–H and O–H groups in total. The Kier molecular flexibility index (Phi) is 5.39. The SMILES string of the molecule is CNCCCCC(=O)N(C)C1CCS(=O)(=O)C1. The summed E-state index contributed by atoms with van der Waals surface area (Å²) >= 11 is 0. The molecule has 1 aliphatic heterocycles. The standard InChI is InChI=1S/C11H22N2O3S/c1-12-7-4-3-5-11(14)13(2)10-6-8-17(15,16)9-10/h10,12H,3-9H2,1-2H3. The molecule has 100 valence electrons. The van der Waals surface area contributed by atoms with Gasteiger partial charge in [-0.1, -0.05) is 0 Å². The first-order valence-corrected chi connectivity index (χ1v) is 7.89. The van der Waals surface area contributed by atoms with E-state index in [-0.39, 0.29) is 23.5 Å². The predicted molar refractivity (Wildman–Crippen MR) is 67.6 cm³/mol. The van der Waals surface area contributed by atoms with Crippen molar-refractivity contribution in [1.29, 1.82) is 0 Å². The molecule has 0 aromatic carbocycles. The van der Waals surface area contributed by atoms with E-state index < -0.39 is 9.84 Å². The highest BCUT2D eigenvalue weighted by Crippen LogP contribution is 2.17. The molecule has 17 heavy (non-hydrogen) atoms. The van der Waals surface area contributed by atoms with Gasteiger partial charge in [0.05, 0.1) is 11.5 Å². The zero-order valence-corrected chi connectivity index (χ0v) is 11.4. The van der Waals surface area contributed by atoms with E-state index in [1.807, 2.05) is 7.05 Å². The van der Waals surface area contributed by atoms with E-state index in [4.69, 9.17) is 0 Å². The van der Waals surface area contributed by atoms with Gasteiger partial charge in [0.25, 0.3) is 0 Å². The lowest BCUT2D eigenvalue weighted by molar-refractivity contribution is -0.131. The Morgan fingerprint density at radius 1 is 1.41 bits per heavy atom. The summed E-state index contributed by atoms with van der Waals surface area (Å²) in [6.45, 7) is 0.912. The second-order valence-electron chi connectivity index (χ2n) is 4.62. The molecule has 1 unspecified atom stereocenters. The van der Waals surface area contributed by atoms with Crippen molar-refractivity contribution in [3.63, 3.8) is 0 Å². The summed E-state index contributed by atoms with van der Waals surface area (Å²) in [6, 6.07) is -0.114. The lowest BCUT2D eigenvalue weighted by Crippen LogP contribution is -2.37. The number of nitrogens with zero attached hydrogens (tertiary/aromatic N) is 1. The topological polar surface area (TPSA) is 66.5 Å². The molecule has 5 nitrogen and oxygen atoms in total. The fraction of sp³-hybridized carbons (Fsp3) is 0.909. The maximum Gasteiger partial charge on any atom is 0.222 e. The van der Waals surface area contributed by atoms with Crippen molar-refractivity contribution in [3.05, 3.63) is 0 Å². The van der Waals surface area contributed by atoms with Crippen LogP contribution in [0.15, 0.2) is 0 Å². The minimum absolute atomic E-state index is 0.0585. The molecule has 0 aromatic heterocycles. The quantitative estimate of drug-likeness (QED) is 0.685. The lowest BCUT2D eigenvalue weighted by atomic mass is 10.2. The molecule has 6 heteroatoms. The molecule has 1 rings (SSSR count). The molecule has 0 aliphatic carbocycles. The van der Waals surface area contributed by atoms with E-state index >= 15 is 0 Å². The molecule has 1 aliphatic rings. The van der Waals surface area contributed by atoms with Crippen molar-refractivity contribution >= 4 is 15.7 Å². The van der Waals surface area contributed by atoms with Gasteiger partial charge in [0, 0.05) is 19.5 Å². The predicted octanol–water partition coefficient (Wildman–Crippen LogP) is 0.0216. The second kappa shape index (κ2) is 6.35. The minimum Gasteiger partial charge on any atom is -0.342 e. The lowest BCUT2D eigenvalue weighted by Gasteiger charge is -2.23. The highest BCUT2D eigenvalue weighted by atomic mass is 32.2. The van der Waals surface area contributed by atoms with E-state index in [2.05, 4.69) is 5.32 Å². The van der Waals surface area contributed by atoms with Crippen LogP contribution in [0.3, 0.4) is 0 Å². The number of carbonyl (C=O) groups is 1. The highest BCUT2D eigenvalue weighted by Gasteiger charge is 2.32. The van der Waals surface area contributed by atoms with Crippen molar-refractivity contribution in [2.24, 2.45) is 0 Å². The number of hydrogen-bond donors (Lipinski definition) is 1. The van der Waals surface area contributed by atoms with E-state index in [1.165, 1.54) is 0 Å². The Morgan fingerprint density at radius 3 is 2.65 bits per heavy atom. The number of sulfone groups is 1. The summed E-state index contributed by atoms with van der Waals surface area (Å²) in [5.41, 5.74) is 0. The van der Waals surface area contributed by atoms with Crippen molar-refractivity contribution in [1.82, 2.24) is 10.2 Å². The smallest absolute Gasteiger partial charge is 0.222 e. The minimum atomic E-state index is -2.91. The first-order chi connectivity index (χ1) is 7.96. The average Bonchev–Trinajstić information content (AvgIpc) is 2.64. The zero-order valence-electron chi connectivity index (χ0n) is 10.6. The molecule has 1 heterocycles. The largest absolute Gasteiger partial charge is 0.342 e. The third-order valence-corrected chi connectivity index (χ3v) is 4.97. The normalized spacial score (nSPS) is 22.6. The highest BCUT2D eigenvalue weighted by molar-refractivity contribution is 7.91. The van der Waals surface area contributed by atoms with E-state index in [0.717, 1.165) is 19.4 Å². The number of carbonyl (C=O) groups excluding carboxylic acids is 1. The summed E-state index contributed by atoms with van der Waals surface area (Å²) in [6.07, 6.45) is 2.92. The molecule has 0 bridgehead atoms. The van der Waals surface area contributed by atoms with E-state index in [1.54, 1.807) is 11.9 Å². The van der Waals surface area contributed by atoms with Gasteiger partial charge >= 0.3 is 0 Å². The van der Waals surface area contributed by atoms with Crippen LogP contribution in [0.25, 0.3) is 0 Å². The Bertz CT molecular complexity index is 354. The van der Waals surface area contributed by atoms with Gasteiger partial charge in [0.2, 0.25) is 5.91 Å². The van der Waals surface area contributed by atoms with Crippen LogP contribution in [-0.4, -0.2) is 57.4 Å². The first kappa shape index (κ1) is 14.4. The molecule has 1 amide bonds. The first-order valence-electron chi connectivity index (χ1n) is 6.07. The number of rotatable bonds is 6. The van der Waals surface area contributed by atoms with Crippen LogP contribution in [0.2, 0.25) is 0 Å². The average molecular weight is 262 g/mol. The molecule has 0 aromatic rings. The van der Waals surface area contributed by atoms with Gasteiger partial charge in [-0.2, -0.15) is 0 Å². The Labute approximate surface area is 103 Å². The van der Waals surface area contributed by atoms with Crippen molar-refractivity contribution in [3.8, 4) is 0 Å². The zero-order chi connectivity index (χ0) is 12.9. The van der Waals surface area contributed by atoms with Crippen LogP contribution >= 0.6 is 0 Å². The third kappa shape index (κ3) is 4.63. The fourth-order valence-corrected chi connectivity index (χ4v) is 3.81. The molecular formula is C11H22N2O3S. The van der Waals surface area contributed by atoms with Crippen LogP contribution in [0.5, 0.6) is 0 Å². The van der Waals surface area contributed by atoms with Crippen molar-refractivity contribution in [2.75, 3.05) is 32.1 Å². The van der Waals surface area contributed by atoms with Crippen LogP contribution in [0.1, 0.15) is 25.7 Å². The summed E-state index contributed by atoms with van der Waals surface area (Å²) in [7, 11) is 0.693. The van der Waals surface area contributed by atoms with Gasteiger partial charge in [-0.15, -0.1) is 0 Å². The van der Waals surface area contributed by atoms with Gasteiger partial charge in [-0.3, -0.25) is 4.79 Å². The van der Waals surface area contributed by atoms with Gasteiger partial charge in [0.15, 0.2) is 9.84 Å². The van der Waals surface area contributed by atoms with Crippen LogP contribution in [-0.2, 0) is 14.6 Å². The summed E-state index contributed by atoms with van der Waals surface area (Å²) < 4.78 is 22.6. The summed E-state index contributed by atoms with van der Waals surface area (Å²) in [5, 5.41) is 3.03. The Balaban J connectivity index is 2.32. The number of hydrogen-bond acceptors (Lipinski definition) is 4. The molecule has 1 atom stereocenters. The van der Waals surface area contributed by atoms with Gasteiger partial charge < -0.3 is 10.2 Å². The second-order valence-corrected chi connectivity index (χ2v) is 6.85. The molecule has 0 saturated carbocycles. The third-order valence-electron chi connectivity index (χ3n) is 3.22. The van der Waals surface area contributed by atoms with E-state index in [9.17, 15) is 13.2 Å². The van der Waals surface area contributed by atoms with Crippen LogP contribution < -0.4 is 5.32 Å². The van der Waals surface area contributed by atoms with E-state index in [0.29, 0.717) is 12.8 Å². The number of nitrogens with one attached hydrogen (secondary N) is 1. The maximum absolute atomic E-state index is 11.8.